The highest BCUT2D eigenvalue weighted by Gasteiger charge is 2.12. The van der Waals surface area contributed by atoms with E-state index in [9.17, 15) is 0 Å². The summed E-state index contributed by atoms with van der Waals surface area (Å²) in [7, 11) is 0. The molecule has 0 unspecified atom stereocenters. The fourth-order valence-electron chi connectivity index (χ4n) is 2.89. The number of aryl methyl sites for hydroxylation is 2. The third kappa shape index (κ3) is 3.86. The molecule has 0 spiro atoms. The summed E-state index contributed by atoms with van der Waals surface area (Å²) in [6, 6.07) is 10.0. The quantitative estimate of drug-likeness (QED) is 0.793. The lowest BCUT2D eigenvalue weighted by Crippen LogP contribution is -2.32. The van der Waals surface area contributed by atoms with Gasteiger partial charge in [0.25, 0.3) is 0 Å². The first kappa shape index (κ1) is 15.5. The van der Waals surface area contributed by atoms with E-state index in [0.717, 1.165) is 54.7 Å². The number of nitrogens with one attached hydrogen (secondary N) is 1. The van der Waals surface area contributed by atoms with E-state index in [4.69, 9.17) is 10.5 Å². The first-order chi connectivity index (χ1) is 11.1. The van der Waals surface area contributed by atoms with Crippen molar-refractivity contribution in [2.45, 2.75) is 20.3 Å². The van der Waals surface area contributed by atoms with E-state index >= 15 is 0 Å². The number of nitrogens with zero attached hydrogens (tertiary/aromatic N) is 2. The van der Waals surface area contributed by atoms with Crippen LogP contribution in [-0.2, 0) is 0 Å². The van der Waals surface area contributed by atoms with Crippen molar-refractivity contribution >= 4 is 17.2 Å². The summed E-state index contributed by atoms with van der Waals surface area (Å²) in [6.07, 6.45) is 0.947. The number of ether oxygens (including phenoxy) is 1. The van der Waals surface area contributed by atoms with E-state index < -0.39 is 0 Å². The Kier molecular flexibility index (Phi) is 4.55. The van der Waals surface area contributed by atoms with Crippen LogP contribution >= 0.6 is 0 Å². The Labute approximate surface area is 137 Å². The molecule has 5 heteroatoms. The molecule has 2 heterocycles. The van der Waals surface area contributed by atoms with Gasteiger partial charge in [0.05, 0.1) is 12.3 Å². The predicted molar refractivity (Wildman–Crippen MR) is 95.4 cm³/mol. The van der Waals surface area contributed by atoms with Gasteiger partial charge in [0.1, 0.15) is 11.6 Å². The smallest absolute Gasteiger partial charge is 0.144 e. The second-order valence-corrected chi connectivity index (χ2v) is 6.02. The van der Waals surface area contributed by atoms with Crippen LogP contribution in [-0.4, -0.2) is 31.2 Å². The van der Waals surface area contributed by atoms with Crippen LogP contribution in [0.4, 0.5) is 17.2 Å². The Bertz CT molecular complexity index is 666. The number of anilines is 3. The molecule has 0 fully saturated rings. The molecule has 0 aliphatic carbocycles. The Balaban J connectivity index is 1.76. The minimum atomic E-state index is 0.666. The monoisotopic (exact) mass is 312 g/mol. The highest BCUT2D eigenvalue weighted by molar-refractivity contribution is 5.62. The van der Waals surface area contributed by atoms with Gasteiger partial charge in [-0.05, 0) is 50.1 Å². The first-order valence-corrected chi connectivity index (χ1v) is 8.08. The van der Waals surface area contributed by atoms with Crippen LogP contribution in [0.25, 0.3) is 0 Å². The van der Waals surface area contributed by atoms with E-state index in [1.165, 1.54) is 5.56 Å². The molecule has 2 aromatic rings. The van der Waals surface area contributed by atoms with Gasteiger partial charge in [-0.25, -0.2) is 4.98 Å². The molecular weight excluding hydrogens is 288 g/mol. The lowest BCUT2D eigenvalue weighted by molar-refractivity contribution is 0.312. The summed E-state index contributed by atoms with van der Waals surface area (Å²) < 4.78 is 5.89. The maximum absolute atomic E-state index is 5.89. The molecule has 1 aromatic carbocycles. The number of hydrogen-bond donors (Lipinski definition) is 2. The molecule has 23 heavy (non-hydrogen) atoms. The number of benzene rings is 1. The molecular formula is C18H24N4O. The third-order valence-corrected chi connectivity index (χ3v) is 3.94. The van der Waals surface area contributed by atoms with Gasteiger partial charge in [-0.3, -0.25) is 0 Å². The summed E-state index contributed by atoms with van der Waals surface area (Å²) >= 11 is 0. The second-order valence-electron chi connectivity index (χ2n) is 6.02. The highest BCUT2D eigenvalue weighted by atomic mass is 16.5. The Morgan fingerprint density at radius 2 is 2.04 bits per heavy atom. The van der Waals surface area contributed by atoms with Crippen LogP contribution in [0.5, 0.6) is 5.75 Å². The van der Waals surface area contributed by atoms with Crippen molar-refractivity contribution in [2.75, 3.05) is 42.2 Å². The summed E-state index contributed by atoms with van der Waals surface area (Å²) in [6.45, 7) is 7.48. The molecule has 0 radical (unpaired) electrons. The van der Waals surface area contributed by atoms with E-state index in [1.54, 1.807) is 0 Å². The lowest BCUT2D eigenvalue weighted by Gasteiger charge is -2.26. The molecule has 5 nitrogen and oxygen atoms in total. The van der Waals surface area contributed by atoms with Crippen LogP contribution in [0, 0.1) is 13.8 Å². The van der Waals surface area contributed by atoms with Crippen LogP contribution in [0.2, 0.25) is 0 Å². The zero-order chi connectivity index (χ0) is 16.2. The number of hydrogen-bond acceptors (Lipinski definition) is 5. The first-order valence-electron chi connectivity index (χ1n) is 8.08. The number of nitrogen functional groups attached to an aromatic ring is 1. The standard InChI is InChI=1S/C18H24N4O/c1-13-10-14(2)21-18(11-13)22-7-3-9-23-17-12-15(19)4-5-16(17)20-6-8-22/h4-5,10-12,20H,3,6-9,19H2,1-2H3. The molecule has 0 atom stereocenters. The van der Waals surface area contributed by atoms with Crippen LogP contribution in [0.3, 0.4) is 0 Å². The van der Waals surface area contributed by atoms with Crippen molar-refractivity contribution in [3.63, 3.8) is 0 Å². The normalized spacial score (nSPS) is 15.3. The summed E-state index contributed by atoms with van der Waals surface area (Å²) in [5, 5.41) is 3.44. The topological polar surface area (TPSA) is 63.4 Å². The Hall–Kier alpha value is -2.43. The number of rotatable bonds is 1. The van der Waals surface area contributed by atoms with Crippen molar-refractivity contribution in [1.29, 1.82) is 0 Å². The van der Waals surface area contributed by atoms with Crippen LogP contribution in [0.15, 0.2) is 30.3 Å². The maximum atomic E-state index is 5.89. The van der Waals surface area contributed by atoms with Gasteiger partial charge in [-0.1, -0.05) is 0 Å². The molecule has 1 aliphatic rings. The van der Waals surface area contributed by atoms with Crippen LogP contribution < -0.4 is 20.7 Å². The number of fused-ring (bicyclic) bond motifs is 1. The average molecular weight is 312 g/mol. The summed E-state index contributed by atoms with van der Waals surface area (Å²) in [5.41, 5.74) is 9.87. The van der Waals surface area contributed by atoms with E-state index in [-0.39, 0.29) is 0 Å². The van der Waals surface area contributed by atoms with Crippen molar-refractivity contribution < 1.29 is 4.74 Å². The molecule has 0 saturated heterocycles. The minimum Gasteiger partial charge on any atom is -0.491 e. The average Bonchev–Trinajstić information content (AvgIpc) is 2.51. The third-order valence-electron chi connectivity index (χ3n) is 3.94. The fourth-order valence-corrected chi connectivity index (χ4v) is 2.89. The molecule has 0 bridgehead atoms. The van der Waals surface area contributed by atoms with Crippen molar-refractivity contribution in [1.82, 2.24) is 4.98 Å². The van der Waals surface area contributed by atoms with Crippen molar-refractivity contribution in [3.05, 3.63) is 41.6 Å². The maximum Gasteiger partial charge on any atom is 0.144 e. The zero-order valence-corrected chi connectivity index (χ0v) is 13.8. The van der Waals surface area contributed by atoms with Gasteiger partial charge in [0.2, 0.25) is 0 Å². The molecule has 1 aliphatic heterocycles. The number of pyridine rings is 1. The van der Waals surface area contributed by atoms with Gasteiger partial charge in [0.15, 0.2) is 0 Å². The molecule has 3 rings (SSSR count). The molecule has 0 amide bonds. The largest absolute Gasteiger partial charge is 0.491 e. The second kappa shape index (κ2) is 6.77. The van der Waals surface area contributed by atoms with Crippen molar-refractivity contribution in [2.24, 2.45) is 0 Å². The fraction of sp³-hybridized carbons (Fsp3) is 0.389. The SMILES string of the molecule is Cc1cc(C)nc(N2CCCOc3cc(N)ccc3NCC2)c1. The summed E-state index contributed by atoms with van der Waals surface area (Å²) in [4.78, 5) is 7.00. The van der Waals surface area contributed by atoms with Gasteiger partial charge in [-0.2, -0.15) is 0 Å². The van der Waals surface area contributed by atoms with Gasteiger partial charge in [0, 0.05) is 37.1 Å². The Morgan fingerprint density at radius 1 is 1.17 bits per heavy atom. The van der Waals surface area contributed by atoms with E-state index in [1.807, 2.05) is 25.1 Å². The minimum absolute atomic E-state index is 0.666. The van der Waals surface area contributed by atoms with E-state index in [2.05, 4.69) is 34.3 Å². The molecule has 122 valence electrons. The lowest BCUT2D eigenvalue weighted by atomic mass is 10.2. The Morgan fingerprint density at radius 3 is 2.87 bits per heavy atom. The number of aromatic nitrogens is 1. The van der Waals surface area contributed by atoms with Crippen LogP contribution in [0.1, 0.15) is 17.7 Å². The molecule has 1 aromatic heterocycles. The molecule has 3 N–H and O–H groups in total. The van der Waals surface area contributed by atoms with Gasteiger partial charge in [-0.15, -0.1) is 0 Å². The molecule has 0 saturated carbocycles. The predicted octanol–water partition coefficient (Wildman–Crippen LogP) is 2.98. The van der Waals surface area contributed by atoms with E-state index in [0.29, 0.717) is 6.61 Å². The highest BCUT2D eigenvalue weighted by Crippen LogP contribution is 2.27. The van der Waals surface area contributed by atoms with Gasteiger partial charge < -0.3 is 20.7 Å². The summed E-state index contributed by atoms with van der Waals surface area (Å²) in [5.74, 6) is 1.88. The van der Waals surface area contributed by atoms with Crippen molar-refractivity contribution in [3.8, 4) is 5.75 Å². The number of nitrogens with two attached hydrogens (primary N) is 1. The zero-order valence-electron chi connectivity index (χ0n) is 13.8. The van der Waals surface area contributed by atoms with Gasteiger partial charge >= 0.3 is 0 Å².